The van der Waals surface area contributed by atoms with E-state index in [1.807, 2.05) is 28.6 Å². The highest BCUT2D eigenvalue weighted by atomic mass is 79.9. The van der Waals surface area contributed by atoms with Crippen LogP contribution in [0.15, 0.2) is 33.6 Å². The van der Waals surface area contributed by atoms with Gasteiger partial charge in [-0.15, -0.1) is 0 Å². The van der Waals surface area contributed by atoms with Crippen molar-refractivity contribution in [1.82, 2.24) is 9.62 Å². The molecule has 1 unspecified atom stereocenters. The fourth-order valence-corrected chi connectivity index (χ4v) is 2.96. The molecule has 15 heavy (non-hydrogen) atoms. The highest BCUT2D eigenvalue weighted by Gasteiger charge is 2.17. The summed E-state index contributed by atoms with van der Waals surface area (Å²) in [4.78, 5) is 0.875. The maximum absolute atomic E-state index is 12.1. The van der Waals surface area contributed by atoms with Gasteiger partial charge in [-0.2, -0.15) is 0 Å². The van der Waals surface area contributed by atoms with E-state index >= 15 is 0 Å². The summed E-state index contributed by atoms with van der Waals surface area (Å²) >= 11 is 3.37. The number of rotatable bonds is 2. The normalized spacial score (nSPS) is 20.1. The zero-order valence-electron chi connectivity index (χ0n) is 8.28. The Hall–Kier alpha value is -0.230. The number of halogens is 1. The lowest BCUT2D eigenvalue weighted by Crippen LogP contribution is -2.44. The van der Waals surface area contributed by atoms with E-state index < -0.39 is 11.0 Å². The van der Waals surface area contributed by atoms with Crippen LogP contribution in [0.25, 0.3) is 0 Å². The van der Waals surface area contributed by atoms with Crippen molar-refractivity contribution >= 4 is 26.9 Å². The molecule has 1 aromatic carbocycles. The zero-order valence-corrected chi connectivity index (χ0v) is 10.7. The Labute approximate surface area is 101 Å². The first kappa shape index (κ1) is 11.3. The summed E-state index contributed by atoms with van der Waals surface area (Å²) in [6.45, 7) is 3.54. The molecule has 0 aromatic heterocycles. The van der Waals surface area contributed by atoms with E-state index in [-0.39, 0.29) is 0 Å². The van der Waals surface area contributed by atoms with Gasteiger partial charge in [-0.25, -0.2) is 8.51 Å². The van der Waals surface area contributed by atoms with Crippen LogP contribution in [0, 0.1) is 0 Å². The van der Waals surface area contributed by atoms with Gasteiger partial charge in [0.1, 0.15) is 11.0 Å². The van der Waals surface area contributed by atoms with Crippen molar-refractivity contribution in [2.45, 2.75) is 4.90 Å². The van der Waals surface area contributed by atoms with E-state index in [4.69, 9.17) is 0 Å². The number of nitrogens with zero attached hydrogens (tertiary/aromatic N) is 1. The average Bonchev–Trinajstić information content (AvgIpc) is 2.30. The number of benzene rings is 1. The Morgan fingerprint density at radius 1 is 1.20 bits per heavy atom. The zero-order chi connectivity index (χ0) is 10.7. The van der Waals surface area contributed by atoms with Gasteiger partial charge in [0.2, 0.25) is 0 Å². The molecule has 1 fully saturated rings. The molecule has 1 aliphatic heterocycles. The Morgan fingerprint density at radius 3 is 2.40 bits per heavy atom. The van der Waals surface area contributed by atoms with Gasteiger partial charge in [-0.3, -0.25) is 0 Å². The number of hydrogen-bond donors (Lipinski definition) is 1. The first-order valence-electron chi connectivity index (χ1n) is 4.90. The molecule has 0 bridgehead atoms. The van der Waals surface area contributed by atoms with E-state index in [0.29, 0.717) is 0 Å². The van der Waals surface area contributed by atoms with Crippen LogP contribution in [0.3, 0.4) is 0 Å². The lowest BCUT2D eigenvalue weighted by atomic mass is 10.4. The summed E-state index contributed by atoms with van der Waals surface area (Å²) < 4.78 is 15.1. The molecule has 0 amide bonds. The molecule has 1 heterocycles. The second-order valence-corrected chi connectivity index (χ2v) is 5.78. The van der Waals surface area contributed by atoms with Gasteiger partial charge >= 0.3 is 0 Å². The van der Waals surface area contributed by atoms with Crippen LogP contribution < -0.4 is 5.32 Å². The maximum Gasteiger partial charge on any atom is 0.127 e. The lowest BCUT2D eigenvalue weighted by molar-refractivity contribution is 0.380. The predicted molar refractivity (Wildman–Crippen MR) is 65.0 cm³/mol. The third-order valence-electron chi connectivity index (χ3n) is 2.33. The van der Waals surface area contributed by atoms with Crippen molar-refractivity contribution in [3.05, 3.63) is 28.7 Å². The van der Waals surface area contributed by atoms with Crippen molar-refractivity contribution in [1.29, 1.82) is 0 Å². The van der Waals surface area contributed by atoms with Gasteiger partial charge in [0.25, 0.3) is 0 Å². The average molecular weight is 289 g/mol. The Bertz CT molecular complexity index is 349. The maximum atomic E-state index is 12.1. The van der Waals surface area contributed by atoms with Crippen LogP contribution in [0.2, 0.25) is 0 Å². The Morgan fingerprint density at radius 2 is 1.80 bits per heavy atom. The van der Waals surface area contributed by atoms with E-state index in [9.17, 15) is 4.21 Å². The van der Waals surface area contributed by atoms with Crippen LogP contribution in [-0.2, 0) is 11.0 Å². The molecule has 1 saturated heterocycles. The first-order valence-corrected chi connectivity index (χ1v) is 6.80. The van der Waals surface area contributed by atoms with Crippen molar-refractivity contribution in [3.8, 4) is 0 Å². The van der Waals surface area contributed by atoms with Gasteiger partial charge in [-0.1, -0.05) is 15.9 Å². The van der Waals surface area contributed by atoms with E-state index in [1.54, 1.807) is 0 Å². The number of nitrogens with one attached hydrogen (secondary N) is 1. The summed E-state index contributed by atoms with van der Waals surface area (Å²) in [5.74, 6) is 0. The second kappa shape index (κ2) is 5.21. The Kier molecular flexibility index (Phi) is 3.91. The summed E-state index contributed by atoms with van der Waals surface area (Å²) in [5.41, 5.74) is 0. The monoisotopic (exact) mass is 288 g/mol. The first-order chi connectivity index (χ1) is 7.27. The minimum absolute atomic E-state index is 0.850. The molecule has 3 nitrogen and oxygen atoms in total. The molecule has 1 aromatic rings. The fraction of sp³-hybridized carbons (Fsp3) is 0.400. The quantitative estimate of drug-likeness (QED) is 0.892. The van der Waals surface area contributed by atoms with E-state index in [2.05, 4.69) is 21.2 Å². The SMILES string of the molecule is O=S(c1ccc(Br)cc1)N1CCNCC1. The minimum atomic E-state index is -1.01. The predicted octanol–water partition coefficient (Wildman–Crippen LogP) is 1.38. The molecule has 5 heteroatoms. The number of piperazine rings is 1. The van der Waals surface area contributed by atoms with E-state index in [0.717, 1.165) is 35.5 Å². The van der Waals surface area contributed by atoms with Crippen molar-refractivity contribution < 1.29 is 4.21 Å². The van der Waals surface area contributed by atoms with Crippen LogP contribution in [0.5, 0.6) is 0 Å². The highest BCUT2D eigenvalue weighted by molar-refractivity contribution is 9.10. The molecular formula is C10H13BrN2OS. The van der Waals surface area contributed by atoms with Gasteiger partial charge in [0, 0.05) is 30.7 Å². The van der Waals surface area contributed by atoms with Crippen LogP contribution in [0.4, 0.5) is 0 Å². The molecule has 0 saturated carbocycles. The van der Waals surface area contributed by atoms with Gasteiger partial charge < -0.3 is 5.32 Å². The summed E-state index contributed by atoms with van der Waals surface area (Å²) in [6, 6.07) is 7.66. The third-order valence-corrected chi connectivity index (χ3v) is 4.36. The molecule has 2 rings (SSSR count). The summed E-state index contributed by atoms with van der Waals surface area (Å²) in [5, 5.41) is 3.25. The molecule has 82 valence electrons. The fourth-order valence-electron chi connectivity index (χ4n) is 1.51. The standard InChI is InChI=1S/C10H13BrN2OS/c11-9-1-3-10(4-2-9)15(14)13-7-5-12-6-8-13/h1-4,12H,5-8H2. The van der Waals surface area contributed by atoms with Crippen LogP contribution in [0.1, 0.15) is 0 Å². The van der Waals surface area contributed by atoms with Gasteiger partial charge in [0.15, 0.2) is 0 Å². The topological polar surface area (TPSA) is 32.3 Å². The summed E-state index contributed by atoms with van der Waals surface area (Å²) in [7, 11) is -1.01. The molecular weight excluding hydrogens is 276 g/mol. The van der Waals surface area contributed by atoms with Gasteiger partial charge in [-0.05, 0) is 24.3 Å². The second-order valence-electron chi connectivity index (χ2n) is 3.38. The molecule has 1 aliphatic rings. The lowest BCUT2D eigenvalue weighted by Gasteiger charge is -2.25. The molecule has 0 radical (unpaired) electrons. The van der Waals surface area contributed by atoms with Crippen molar-refractivity contribution in [2.24, 2.45) is 0 Å². The Balaban J connectivity index is 2.09. The molecule has 1 N–H and O–H groups in total. The third kappa shape index (κ3) is 2.87. The van der Waals surface area contributed by atoms with Gasteiger partial charge in [0.05, 0.1) is 4.90 Å². The van der Waals surface area contributed by atoms with Crippen molar-refractivity contribution in [2.75, 3.05) is 26.2 Å². The highest BCUT2D eigenvalue weighted by Crippen LogP contribution is 2.15. The molecule has 0 spiro atoms. The van der Waals surface area contributed by atoms with E-state index in [1.165, 1.54) is 0 Å². The smallest absolute Gasteiger partial charge is 0.127 e. The number of hydrogen-bond acceptors (Lipinski definition) is 2. The van der Waals surface area contributed by atoms with Crippen LogP contribution in [-0.4, -0.2) is 34.7 Å². The van der Waals surface area contributed by atoms with Crippen LogP contribution >= 0.6 is 15.9 Å². The molecule has 0 aliphatic carbocycles. The molecule has 1 atom stereocenters. The minimum Gasteiger partial charge on any atom is -0.314 e. The summed E-state index contributed by atoms with van der Waals surface area (Å²) in [6.07, 6.45) is 0. The largest absolute Gasteiger partial charge is 0.314 e. The van der Waals surface area contributed by atoms with Crippen molar-refractivity contribution in [3.63, 3.8) is 0 Å².